The summed E-state index contributed by atoms with van der Waals surface area (Å²) in [6.45, 7) is 5.51. The lowest BCUT2D eigenvalue weighted by Gasteiger charge is -2.30. The predicted molar refractivity (Wildman–Crippen MR) is 131 cm³/mol. The molecule has 8 nitrogen and oxygen atoms in total. The van der Waals surface area contributed by atoms with Gasteiger partial charge in [-0.05, 0) is 41.2 Å². The van der Waals surface area contributed by atoms with Gasteiger partial charge in [0.2, 0.25) is 17.8 Å². The number of anilines is 3. The second-order valence-electron chi connectivity index (χ2n) is 9.16. The highest BCUT2D eigenvalue weighted by molar-refractivity contribution is 6.04. The van der Waals surface area contributed by atoms with Crippen LogP contribution in [0.5, 0.6) is 0 Å². The Morgan fingerprint density at radius 1 is 1.09 bits per heavy atom. The van der Waals surface area contributed by atoms with Crippen LogP contribution in [0.25, 0.3) is 0 Å². The third-order valence-corrected chi connectivity index (χ3v) is 6.53. The van der Waals surface area contributed by atoms with Crippen molar-refractivity contribution in [3.63, 3.8) is 0 Å². The van der Waals surface area contributed by atoms with Crippen molar-refractivity contribution in [1.29, 1.82) is 0 Å². The first-order valence-corrected chi connectivity index (χ1v) is 11.6. The molecule has 3 aromatic rings. The zero-order chi connectivity index (χ0) is 23.8. The molecule has 0 aliphatic carbocycles. The fourth-order valence-corrected chi connectivity index (χ4v) is 4.59. The van der Waals surface area contributed by atoms with Crippen LogP contribution in [-0.4, -0.2) is 28.3 Å². The summed E-state index contributed by atoms with van der Waals surface area (Å²) in [5.74, 6) is -0.726. The number of H-pyrrole nitrogens is 1. The maximum atomic E-state index is 13.1. The van der Waals surface area contributed by atoms with E-state index in [1.54, 1.807) is 0 Å². The van der Waals surface area contributed by atoms with Gasteiger partial charge < -0.3 is 15.5 Å². The average molecular weight is 458 g/mol. The van der Waals surface area contributed by atoms with Gasteiger partial charge in [0.05, 0.1) is 11.5 Å². The number of aromatic amines is 1. The number of amides is 2. The van der Waals surface area contributed by atoms with Gasteiger partial charge in [0, 0.05) is 25.2 Å². The smallest absolute Gasteiger partial charge is 0.258 e. The molecule has 1 aromatic heterocycles. The molecule has 5 rings (SSSR count). The highest BCUT2D eigenvalue weighted by atomic mass is 16.2. The van der Waals surface area contributed by atoms with Crippen molar-refractivity contribution in [2.45, 2.75) is 45.1 Å². The Bertz CT molecular complexity index is 1310. The molecule has 0 radical (unpaired) electrons. The summed E-state index contributed by atoms with van der Waals surface area (Å²) in [5.41, 5.74) is 4.03. The number of carbonyl (C=O) groups excluding carboxylic acids is 2. The van der Waals surface area contributed by atoms with E-state index in [0.29, 0.717) is 30.6 Å². The van der Waals surface area contributed by atoms with E-state index < -0.39 is 17.4 Å². The highest BCUT2D eigenvalue weighted by Gasteiger charge is 2.35. The number of hydrogen-bond donors (Lipinski definition) is 3. The minimum Gasteiger partial charge on any atom is -0.338 e. The van der Waals surface area contributed by atoms with Gasteiger partial charge in [-0.15, -0.1) is 0 Å². The Hall–Kier alpha value is -3.94. The van der Waals surface area contributed by atoms with Crippen LogP contribution >= 0.6 is 0 Å². The molecule has 8 heteroatoms. The van der Waals surface area contributed by atoms with Gasteiger partial charge in [-0.25, -0.2) is 0 Å². The van der Waals surface area contributed by atoms with E-state index >= 15 is 0 Å². The van der Waals surface area contributed by atoms with E-state index in [0.717, 1.165) is 12.0 Å². The van der Waals surface area contributed by atoms with Crippen LogP contribution < -0.4 is 21.1 Å². The maximum absolute atomic E-state index is 13.1. The van der Waals surface area contributed by atoms with Crippen molar-refractivity contribution in [3.8, 4) is 0 Å². The van der Waals surface area contributed by atoms with Gasteiger partial charge in [-0.3, -0.25) is 19.4 Å². The summed E-state index contributed by atoms with van der Waals surface area (Å²) in [4.78, 5) is 48.0. The van der Waals surface area contributed by atoms with Crippen molar-refractivity contribution in [2.75, 3.05) is 22.1 Å². The van der Waals surface area contributed by atoms with Gasteiger partial charge >= 0.3 is 0 Å². The highest BCUT2D eigenvalue weighted by Crippen LogP contribution is 2.31. The summed E-state index contributed by atoms with van der Waals surface area (Å²) in [7, 11) is 0. The monoisotopic (exact) mass is 457 g/mol. The zero-order valence-corrected chi connectivity index (χ0v) is 19.2. The molecule has 0 spiro atoms. The summed E-state index contributed by atoms with van der Waals surface area (Å²) in [6.07, 6.45) is 0.730. The molecule has 3 heterocycles. The molecule has 2 amide bonds. The lowest BCUT2D eigenvalue weighted by molar-refractivity contribution is -0.123. The first-order valence-electron chi connectivity index (χ1n) is 11.6. The van der Waals surface area contributed by atoms with Crippen LogP contribution in [0.1, 0.15) is 54.4 Å². The molecule has 2 aliphatic heterocycles. The first kappa shape index (κ1) is 21.9. The van der Waals surface area contributed by atoms with Crippen LogP contribution in [-0.2, 0) is 22.6 Å². The van der Waals surface area contributed by atoms with Gasteiger partial charge in [-0.1, -0.05) is 50.2 Å². The van der Waals surface area contributed by atoms with Crippen molar-refractivity contribution in [3.05, 3.63) is 81.1 Å². The van der Waals surface area contributed by atoms with E-state index in [1.807, 2.05) is 41.3 Å². The molecule has 0 saturated heterocycles. The Labute approximate surface area is 197 Å². The normalized spacial score (nSPS) is 17.1. The number of rotatable bonds is 4. The lowest BCUT2D eigenvalue weighted by atomic mass is 9.92. The van der Waals surface area contributed by atoms with E-state index in [9.17, 15) is 14.4 Å². The van der Waals surface area contributed by atoms with Crippen molar-refractivity contribution < 1.29 is 9.59 Å². The molecule has 2 aromatic carbocycles. The van der Waals surface area contributed by atoms with Crippen LogP contribution in [0, 0.1) is 0 Å². The molecule has 0 bridgehead atoms. The largest absolute Gasteiger partial charge is 0.338 e. The fraction of sp³-hybridized carbons (Fsp3) is 0.308. The number of carbonyl (C=O) groups is 2. The number of nitrogens with one attached hydrogen (secondary N) is 3. The number of fused-ring (bicyclic) bond motifs is 2. The third-order valence-electron chi connectivity index (χ3n) is 6.53. The minimum absolute atomic E-state index is 0.107. The molecular formula is C26H27N5O3. The summed E-state index contributed by atoms with van der Waals surface area (Å²) in [6, 6.07) is 15.8. The SMILES string of the molecule is CC(C)c1ccc(NC(=O)[C@@H]2CC(=O)Nc3nc(N4CCc5ccccc5C4)[nH]c(=O)c32)cc1. The Morgan fingerprint density at radius 2 is 1.82 bits per heavy atom. The Morgan fingerprint density at radius 3 is 2.56 bits per heavy atom. The lowest BCUT2D eigenvalue weighted by Crippen LogP contribution is -2.38. The van der Waals surface area contributed by atoms with Crippen LogP contribution in [0.4, 0.5) is 17.5 Å². The van der Waals surface area contributed by atoms with E-state index in [2.05, 4.69) is 46.6 Å². The number of nitrogens with zero attached hydrogens (tertiary/aromatic N) is 2. The second kappa shape index (κ2) is 8.78. The molecule has 174 valence electrons. The molecule has 0 saturated carbocycles. The molecular weight excluding hydrogens is 430 g/mol. The topological polar surface area (TPSA) is 107 Å². The van der Waals surface area contributed by atoms with Gasteiger partial charge in [-0.2, -0.15) is 4.98 Å². The first-order chi connectivity index (χ1) is 16.4. The molecule has 1 atom stereocenters. The summed E-state index contributed by atoms with van der Waals surface area (Å²) < 4.78 is 0. The zero-order valence-electron chi connectivity index (χ0n) is 19.2. The number of aromatic nitrogens is 2. The van der Waals surface area contributed by atoms with Gasteiger partial charge in [0.25, 0.3) is 5.56 Å². The third kappa shape index (κ3) is 4.19. The quantitative estimate of drug-likeness (QED) is 0.556. The van der Waals surface area contributed by atoms with Crippen molar-refractivity contribution >= 4 is 29.3 Å². The molecule has 34 heavy (non-hydrogen) atoms. The summed E-state index contributed by atoms with van der Waals surface area (Å²) >= 11 is 0. The second-order valence-corrected chi connectivity index (χ2v) is 9.16. The number of hydrogen-bond acceptors (Lipinski definition) is 5. The van der Waals surface area contributed by atoms with Crippen molar-refractivity contribution in [2.24, 2.45) is 0 Å². The van der Waals surface area contributed by atoms with E-state index in [1.165, 1.54) is 11.1 Å². The molecule has 2 aliphatic rings. The van der Waals surface area contributed by atoms with E-state index in [-0.39, 0.29) is 23.7 Å². The van der Waals surface area contributed by atoms with Crippen LogP contribution in [0.2, 0.25) is 0 Å². The molecule has 3 N–H and O–H groups in total. The van der Waals surface area contributed by atoms with Crippen LogP contribution in [0.15, 0.2) is 53.3 Å². The predicted octanol–water partition coefficient (Wildman–Crippen LogP) is 3.52. The van der Waals surface area contributed by atoms with Gasteiger partial charge in [0.1, 0.15) is 5.82 Å². The standard InChI is InChI=1S/C26H27N5O3/c1-15(2)16-7-9-19(10-8-16)27-24(33)20-13-21(32)28-23-22(20)25(34)30-26(29-23)31-12-11-17-5-3-4-6-18(17)14-31/h3-10,15,20H,11-14H2,1-2H3,(H,27,33)(H2,28,29,30,32,34)/t20-/m1/s1. The van der Waals surface area contributed by atoms with Gasteiger partial charge in [0.15, 0.2) is 0 Å². The number of benzene rings is 2. The minimum atomic E-state index is -0.916. The van der Waals surface area contributed by atoms with Crippen molar-refractivity contribution in [1.82, 2.24) is 9.97 Å². The molecule has 0 unspecified atom stereocenters. The molecule has 0 fully saturated rings. The fourth-order valence-electron chi connectivity index (χ4n) is 4.59. The van der Waals surface area contributed by atoms with E-state index in [4.69, 9.17) is 0 Å². The average Bonchev–Trinajstić information content (AvgIpc) is 2.83. The Kier molecular flexibility index (Phi) is 5.65. The Balaban J connectivity index is 1.41. The maximum Gasteiger partial charge on any atom is 0.258 e. The van der Waals surface area contributed by atoms with Crippen LogP contribution in [0.3, 0.4) is 0 Å². The summed E-state index contributed by atoms with van der Waals surface area (Å²) in [5, 5.41) is 5.54.